The molecule has 7 atom stereocenters. The summed E-state index contributed by atoms with van der Waals surface area (Å²) in [7, 11) is 2.80. The van der Waals surface area contributed by atoms with Crippen LogP contribution >= 0.6 is 0 Å². The highest BCUT2D eigenvalue weighted by Crippen LogP contribution is 2.45. The van der Waals surface area contributed by atoms with Gasteiger partial charge in [0.15, 0.2) is 35.5 Å². The van der Waals surface area contributed by atoms with Crippen LogP contribution in [0, 0.1) is 11.8 Å². The van der Waals surface area contributed by atoms with Gasteiger partial charge >= 0.3 is 18.3 Å². The second kappa shape index (κ2) is 58.0. The van der Waals surface area contributed by atoms with Gasteiger partial charge < -0.3 is 128 Å². The standard InChI is InChI=1S/C97H134N12O31/c1-61(2)86(89(116)99-63(5)6)103-82(111)27-33-128-49-50-138-95(122)102-70-21-17-68(18-22-70)60-140-97(124)109-74-56-80(78(126-11)54-72(74)92(119)107-58-65(8)52-76(107)94(109)121)137-31-14-12-13-30-136-79-55-73-71(53-77(79)125-10)91(118)106-57-64(7)51-75(106)93(120)108(73)96(123)139-59-67-15-19-69(20-16-67)101-88(115)66(9)100-90(117)87(62(3)4)104-83(112)26-32-127-35-37-130-39-41-132-43-45-134-47-48-135-46-44-133-42-40-131-38-36-129-34-28-98-81(110)25-29-105-84(113)23-24-85(105)114/h15-24,53-58,61-63,66,75-76,86-87,93-94,120-121H,12-14,25-52,59-60H2,1-11H3,(H,98,110)(H,99,116)(H,100,117)(H,101,115)(H,102,122)(H,103,111)(H,104,112)/t66-,75?,76+,86-,87-,93?,94+/m1/s1. The first-order chi connectivity index (χ1) is 67.3. The summed E-state index contributed by atoms with van der Waals surface area (Å²) in [5.41, 5.74) is 3.31. The number of unbranched alkanes of at least 4 members (excludes halogenated alkanes) is 2. The number of rotatable bonds is 61. The molecule has 9 N–H and O–H groups in total. The monoisotopic (exact) mass is 1960 g/mol. The molecular weight excluding hydrogens is 1830 g/mol. The largest absolute Gasteiger partial charge is 0.493 e. The first-order valence-corrected chi connectivity index (χ1v) is 46.9. The molecule has 0 fully saturated rings. The van der Waals surface area contributed by atoms with Crippen molar-refractivity contribution in [3.63, 3.8) is 0 Å². The Labute approximate surface area is 813 Å². The number of nitrogens with one attached hydrogen (secondary N) is 7. The maximum atomic E-state index is 14.5. The molecule has 43 nitrogen and oxygen atoms in total. The molecule has 13 amide bonds. The molecule has 0 saturated carbocycles. The van der Waals surface area contributed by atoms with Gasteiger partial charge in [0.2, 0.25) is 35.4 Å². The molecule has 140 heavy (non-hydrogen) atoms. The van der Waals surface area contributed by atoms with Crippen molar-refractivity contribution < 1.29 is 148 Å². The lowest BCUT2D eigenvalue weighted by molar-refractivity contribution is -0.137. The highest BCUT2D eigenvalue weighted by Gasteiger charge is 2.48. The van der Waals surface area contributed by atoms with Crippen LogP contribution in [0.4, 0.5) is 37.1 Å². The van der Waals surface area contributed by atoms with Gasteiger partial charge in [-0.05, 0) is 126 Å². The molecule has 0 radical (unpaired) electrons. The fourth-order valence-electron chi connectivity index (χ4n) is 15.0. The number of imide groups is 1. The lowest BCUT2D eigenvalue weighted by atomic mass is 10.0. The van der Waals surface area contributed by atoms with E-state index in [1.54, 1.807) is 81.7 Å². The summed E-state index contributed by atoms with van der Waals surface area (Å²) in [6.45, 7) is 21.0. The van der Waals surface area contributed by atoms with Gasteiger partial charge in [-0.2, -0.15) is 0 Å². The minimum Gasteiger partial charge on any atom is -0.493 e. The Hall–Kier alpha value is -12.4. The number of amides is 13. The Morgan fingerprint density at radius 1 is 0.414 bits per heavy atom. The van der Waals surface area contributed by atoms with Crippen LogP contribution < -0.4 is 66.0 Å². The summed E-state index contributed by atoms with van der Waals surface area (Å²) >= 11 is 0. The van der Waals surface area contributed by atoms with E-state index in [1.807, 2.05) is 34.6 Å². The van der Waals surface area contributed by atoms with Crippen molar-refractivity contribution in [3.05, 3.63) is 131 Å². The van der Waals surface area contributed by atoms with Crippen LogP contribution in [0.15, 0.2) is 108 Å². The quantitative estimate of drug-likeness (QED) is 0.0126. The minimum atomic E-state index is -1.60. The van der Waals surface area contributed by atoms with Gasteiger partial charge in [0.25, 0.3) is 23.6 Å². The fraction of sp³-hybridized carbons (Fsp3) is 0.557. The molecule has 0 bridgehead atoms. The van der Waals surface area contributed by atoms with Crippen LogP contribution in [0.25, 0.3) is 0 Å². The van der Waals surface area contributed by atoms with Gasteiger partial charge in [0.1, 0.15) is 37.9 Å². The average molecular weight is 1960 g/mol. The number of benzene rings is 4. The predicted molar refractivity (Wildman–Crippen MR) is 506 cm³/mol. The van der Waals surface area contributed by atoms with E-state index in [2.05, 4.69) is 37.2 Å². The van der Waals surface area contributed by atoms with E-state index in [9.17, 15) is 72.5 Å². The Morgan fingerprint density at radius 2 is 0.800 bits per heavy atom. The van der Waals surface area contributed by atoms with Crippen LogP contribution in [-0.2, 0) is 108 Å². The second-order valence-electron chi connectivity index (χ2n) is 34.3. The molecule has 9 rings (SSSR count). The van der Waals surface area contributed by atoms with E-state index in [0.29, 0.717) is 121 Å². The van der Waals surface area contributed by atoms with Crippen molar-refractivity contribution in [3.8, 4) is 23.0 Å². The zero-order valence-electron chi connectivity index (χ0n) is 81.3. The van der Waals surface area contributed by atoms with Crippen molar-refractivity contribution >= 4 is 100 Å². The molecule has 0 spiro atoms. The van der Waals surface area contributed by atoms with Crippen LogP contribution in [0.3, 0.4) is 0 Å². The van der Waals surface area contributed by atoms with Crippen molar-refractivity contribution in [1.82, 2.24) is 41.3 Å². The first-order valence-electron chi connectivity index (χ1n) is 46.9. The number of aliphatic hydroxyl groups is 2. The molecule has 5 aliphatic rings. The number of carbonyl (C=O) groups is 13. The summed E-state index contributed by atoms with van der Waals surface area (Å²) in [5.74, 6) is -4.20. The maximum absolute atomic E-state index is 14.5. The molecule has 5 aliphatic heterocycles. The van der Waals surface area contributed by atoms with E-state index in [1.165, 1.54) is 67.4 Å². The number of carbonyl (C=O) groups excluding carboxylic acids is 13. The van der Waals surface area contributed by atoms with Gasteiger partial charge in [-0.15, -0.1) is 0 Å². The third-order valence-electron chi connectivity index (χ3n) is 22.3. The zero-order valence-corrected chi connectivity index (χ0v) is 81.3. The van der Waals surface area contributed by atoms with Crippen LogP contribution in [0.2, 0.25) is 0 Å². The lowest BCUT2D eigenvalue weighted by Crippen LogP contribution is -2.53. The molecule has 0 aromatic heterocycles. The molecule has 5 heterocycles. The molecule has 0 saturated heterocycles. The number of aliphatic hydroxyl groups excluding tert-OH is 2. The summed E-state index contributed by atoms with van der Waals surface area (Å²) < 4.78 is 90.6. The number of fused-ring (bicyclic) bond motifs is 4. The smallest absolute Gasteiger partial charge is 0.416 e. The van der Waals surface area contributed by atoms with Crippen molar-refractivity contribution in [2.75, 3.05) is 186 Å². The number of methoxy groups -OCH3 is 2. The summed E-state index contributed by atoms with van der Waals surface area (Å²) in [5, 5.41) is 43.2. The number of hydrogen-bond donors (Lipinski definition) is 9. The van der Waals surface area contributed by atoms with Gasteiger partial charge in [0, 0.05) is 86.5 Å². The van der Waals surface area contributed by atoms with Crippen molar-refractivity contribution in [2.24, 2.45) is 11.8 Å². The predicted octanol–water partition coefficient (Wildman–Crippen LogP) is 6.68. The maximum Gasteiger partial charge on any atom is 0.416 e. The minimum absolute atomic E-state index is 0.00213. The highest BCUT2D eigenvalue weighted by atomic mass is 16.6. The van der Waals surface area contributed by atoms with Gasteiger partial charge in [0.05, 0.1) is 181 Å². The zero-order chi connectivity index (χ0) is 101. The van der Waals surface area contributed by atoms with Crippen molar-refractivity contribution in [1.29, 1.82) is 0 Å². The third-order valence-corrected chi connectivity index (χ3v) is 22.3. The summed E-state index contributed by atoms with van der Waals surface area (Å²) in [6.07, 6.45) is 1.57. The number of ether oxygens (including phenoxy) is 16. The van der Waals surface area contributed by atoms with Crippen molar-refractivity contribution in [2.45, 2.75) is 176 Å². The van der Waals surface area contributed by atoms with Gasteiger partial charge in [-0.3, -0.25) is 58.2 Å². The van der Waals surface area contributed by atoms with E-state index >= 15 is 0 Å². The Kier molecular flexibility index (Phi) is 46.0. The third kappa shape index (κ3) is 34.8. The average Bonchev–Trinajstić information content (AvgIpc) is 1.60. The normalized spacial score (nSPS) is 16.5. The van der Waals surface area contributed by atoms with Crippen LogP contribution in [-0.4, -0.2) is 317 Å². The topological polar surface area (TPSA) is 510 Å². The number of anilines is 4. The molecule has 0 aliphatic carbocycles. The van der Waals surface area contributed by atoms with E-state index in [0.717, 1.165) is 25.8 Å². The molecular formula is C97H134N12O31. The molecule has 4 aromatic carbocycles. The summed E-state index contributed by atoms with van der Waals surface area (Å²) in [6, 6.07) is 13.9. The Morgan fingerprint density at radius 3 is 1.20 bits per heavy atom. The van der Waals surface area contributed by atoms with Crippen LogP contribution in [0.1, 0.15) is 146 Å². The number of hydrogen-bond acceptors (Lipinski definition) is 31. The van der Waals surface area contributed by atoms with E-state index in [4.69, 9.17) is 75.8 Å². The highest BCUT2D eigenvalue weighted by molar-refractivity contribution is 6.13. The fourth-order valence-corrected chi connectivity index (χ4v) is 15.0. The Balaban J connectivity index is 0.647. The number of nitrogens with zero attached hydrogens (tertiary/aromatic N) is 5. The SMILES string of the molecule is COc1cc2c(cc1OCCCCCOc1cc3c(cc1OC)C(=O)N1C=C(C)C[C@H]1[C@H](O)N3C(=O)OCc1ccc(NC(=O)OCCOCCC(=O)N[C@@H](C(=O)NC(C)C)C(C)C)cc1)N(C(=O)OCc1ccc(NC(=O)[C@@H](C)NC(=O)[C@H](NC(=O)CCOCCOCCOCCOCCOCCOCCOCCOCCNC(=O)CCN3C(=O)C=CC3=O)C(C)C)cc1)C(O)C1CC(C)=CN1C2=O. The van der Waals surface area contributed by atoms with E-state index in [-0.39, 0.29) is 199 Å². The van der Waals surface area contributed by atoms with Gasteiger partial charge in [-0.1, -0.05) is 63.1 Å². The van der Waals surface area contributed by atoms with Crippen LogP contribution in [0.5, 0.6) is 23.0 Å². The summed E-state index contributed by atoms with van der Waals surface area (Å²) in [4.78, 5) is 176. The molecule has 768 valence electrons. The molecule has 2 unspecified atom stereocenters. The first kappa shape index (κ1) is 111. The Bertz CT molecular complexity index is 4880. The van der Waals surface area contributed by atoms with Gasteiger partial charge in [-0.25, -0.2) is 24.2 Å². The molecule has 43 heteroatoms. The van der Waals surface area contributed by atoms with E-state index < -0.39 is 102 Å². The second-order valence-corrected chi connectivity index (χ2v) is 34.3. The molecule has 4 aromatic rings. The lowest BCUT2D eigenvalue weighted by Gasteiger charge is -2.31.